The molecule has 1 saturated heterocycles. The molecule has 0 aliphatic carbocycles. The number of aliphatic imine (C=N–C) groups is 1. The number of ether oxygens (including phenoxy) is 2. The predicted molar refractivity (Wildman–Crippen MR) is 126 cm³/mol. The third kappa shape index (κ3) is 5.21. The lowest BCUT2D eigenvalue weighted by atomic mass is 10.1. The quantitative estimate of drug-likeness (QED) is 0.630. The number of benzene rings is 2. The Balaban J connectivity index is 1.55. The third-order valence-electron chi connectivity index (χ3n) is 5.04. The van der Waals surface area contributed by atoms with Gasteiger partial charge in [-0.3, -0.25) is 9.59 Å². The number of carbonyl (C=O) groups excluding carboxylic acids is 2. The summed E-state index contributed by atoms with van der Waals surface area (Å²) in [6, 6.07) is 11.7. The van der Waals surface area contributed by atoms with Gasteiger partial charge in [-0.1, -0.05) is 6.07 Å². The van der Waals surface area contributed by atoms with E-state index in [4.69, 9.17) is 14.7 Å². The molecule has 0 aromatic heterocycles. The molecule has 2 aliphatic rings. The van der Waals surface area contributed by atoms with Crippen molar-refractivity contribution in [3.63, 3.8) is 0 Å². The summed E-state index contributed by atoms with van der Waals surface area (Å²) in [4.78, 5) is 30.4. The highest BCUT2D eigenvalue weighted by molar-refractivity contribution is 8.18. The fourth-order valence-corrected chi connectivity index (χ4v) is 4.36. The van der Waals surface area contributed by atoms with E-state index in [9.17, 15) is 14.0 Å². The molecule has 4 rings (SSSR count). The molecular weight excluding hydrogens is 459 g/mol. The maximum absolute atomic E-state index is 13.5. The number of hydrogen-bond acceptors (Lipinski definition) is 7. The van der Waals surface area contributed by atoms with Crippen molar-refractivity contribution in [3.05, 3.63) is 58.0 Å². The van der Waals surface area contributed by atoms with Gasteiger partial charge in [-0.05, 0) is 60.7 Å². The van der Waals surface area contributed by atoms with Crippen LogP contribution < -0.4 is 14.8 Å². The first-order chi connectivity index (χ1) is 16.5. The number of nitrogens with zero attached hydrogens (tertiary/aromatic N) is 3. The number of thioether (sulfide) groups is 1. The van der Waals surface area contributed by atoms with E-state index in [1.165, 1.54) is 17.8 Å². The first-order valence-electron chi connectivity index (χ1n) is 10.6. The number of amides is 2. The molecule has 174 valence electrons. The molecule has 0 radical (unpaired) electrons. The molecule has 8 nitrogen and oxygen atoms in total. The average molecular weight is 481 g/mol. The van der Waals surface area contributed by atoms with Gasteiger partial charge in [0.25, 0.3) is 5.91 Å². The van der Waals surface area contributed by atoms with Crippen LogP contribution in [0.4, 0.5) is 4.39 Å². The Morgan fingerprint density at radius 2 is 2.06 bits per heavy atom. The van der Waals surface area contributed by atoms with Crippen molar-refractivity contribution in [2.75, 3.05) is 26.2 Å². The van der Waals surface area contributed by atoms with Crippen molar-refractivity contribution in [3.8, 4) is 23.3 Å². The van der Waals surface area contributed by atoms with E-state index in [2.05, 4.69) is 10.3 Å². The number of nitrogens with one attached hydrogen (secondary N) is 1. The monoisotopic (exact) mass is 480 g/mol. The summed E-state index contributed by atoms with van der Waals surface area (Å²) < 4.78 is 25.1. The van der Waals surface area contributed by atoms with E-state index in [-0.39, 0.29) is 23.9 Å². The Morgan fingerprint density at radius 3 is 2.79 bits per heavy atom. The Bertz CT molecular complexity index is 1240. The van der Waals surface area contributed by atoms with Gasteiger partial charge in [0.1, 0.15) is 12.4 Å². The molecule has 0 atom stereocenters. The van der Waals surface area contributed by atoms with Crippen LogP contribution in [0.25, 0.3) is 6.08 Å². The summed E-state index contributed by atoms with van der Waals surface area (Å²) in [6.45, 7) is 2.69. The number of piperazine rings is 1. The smallest absolute Gasteiger partial charge is 0.286 e. The van der Waals surface area contributed by atoms with Crippen molar-refractivity contribution in [2.24, 2.45) is 4.99 Å². The third-order valence-corrected chi connectivity index (χ3v) is 6.08. The first kappa shape index (κ1) is 23.3. The Hall–Kier alpha value is -3.84. The fourth-order valence-electron chi connectivity index (χ4n) is 3.42. The van der Waals surface area contributed by atoms with Gasteiger partial charge in [0, 0.05) is 18.7 Å². The molecule has 10 heteroatoms. The van der Waals surface area contributed by atoms with E-state index in [0.717, 1.165) is 0 Å². The number of rotatable bonds is 6. The average Bonchev–Trinajstić information content (AvgIpc) is 3.21. The lowest BCUT2D eigenvalue weighted by Crippen LogP contribution is -2.49. The summed E-state index contributed by atoms with van der Waals surface area (Å²) in [6.07, 6.45) is 1.70. The van der Waals surface area contributed by atoms with Gasteiger partial charge >= 0.3 is 0 Å². The molecule has 1 fully saturated rings. The van der Waals surface area contributed by atoms with E-state index in [1.54, 1.807) is 41.3 Å². The summed E-state index contributed by atoms with van der Waals surface area (Å²) >= 11 is 1.22. The van der Waals surface area contributed by atoms with Gasteiger partial charge in [-0.2, -0.15) is 10.3 Å². The second-order valence-corrected chi connectivity index (χ2v) is 8.40. The maximum atomic E-state index is 13.5. The predicted octanol–water partition coefficient (Wildman–Crippen LogP) is 3.62. The molecule has 34 heavy (non-hydrogen) atoms. The maximum Gasteiger partial charge on any atom is 0.286 e. The Labute approximate surface area is 200 Å². The highest BCUT2D eigenvalue weighted by atomic mass is 32.2. The van der Waals surface area contributed by atoms with Crippen molar-refractivity contribution in [2.45, 2.75) is 13.6 Å². The number of hydrogen-bond donors (Lipinski definition) is 1. The minimum Gasteiger partial charge on any atom is -0.490 e. The lowest BCUT2D eigenvalue weighted by Gasteiger charge is -2.27. The molecular formula is C24H21FN4O4S. The minimum atomic E-state index is -0.778. The largest absolute Gasteiger partial charge is 0.490 e. The lowest BCUT2D eigenvalue weighted by molar-refractivity contribution is -0.123. The number of alkyl halides is 1. The number of amidine groups is 1. The van der Waals surface area contributed by atoms with E-state index in [1.807, 2.05) is 13.0 Å². The van der Waals surface area contributed by atoms with E-state index < -0.39 is 6.67 Å². The van der Waals surface area contributed by atoms with Crippen LogP contribution in [0.5, 0.6) is 17.2 Å². The number of nitriles is 1. The van der Waals surface area contributed by atoms with Crippen molar-refractivity contribution < 1.29 is 23.5 Å². The highest BCUT2D eigenvalue weighted by Crippen LogP contribution is 2.37. The standard InChI is InChI=1S/C24H21FN4O4S/c1-2-32-20-10-15(3-6-19(20)33-18-5-4-16(13-26)9-17(18)12-25)11-21-23(31)28-24(34-21)29-8-7-27-22(30)14-29/h3-6,9-11H,2,7-8,12,14H2,1H3,(H,27,30)/b21-11-. The number of carbonyl (C=O) groups is 2. The number of halogens is 1. The SMILES string of the molecule is CCOc1cc(/C=C2\SC(N3CCNC(=O)C3)=NC2=O)ccc1Oc1ccc(C#N)cc1CF. The van der Waals surface area contributed by atoms with Crippen LogP contribution >= 0.6 is 11.8 Å². The Kier molecular flexibility index (Phi) is 7.13. The van der Waals surface area contributed by atoms with Gasteiger partial charge in [0.2, 0.25) is 5.91 Å². The van der Waals surface area contributed by atoms with Crippen LogP contribution in [-0.2, 0) is 16.3 Å². The van der Waals surface area contributed by atoms with Gasteiger partial charge in [0.05, 0.1) is 29.7 Å². The second-order valence-electron chi connectivity index (χ2n) is 7.39. The van der Waals surface area contributed by atoms with Crippen LogP contribution in [-0.4, -0.2) is 48.1 Å². The van der Waals surface area contributed by atoms with Crippen molar-refractivity contribution in [1.29, 1.82) is 5.26 Å². The molecule has 0 spiro atoms. The normalized spacial score (nSPS) is 16.8. The van der Waals surface area contributed by atoms with Crippen LogP contribution in [0.1, 0.15) is 23.6 Å². The first-order valence-corrected chi connectivity index (χ1v) is 11.4. The van der Waals surface area contributed by atoms with Gasteiger partial charge < -0.3 is 19.7 Å². The van der Waals surface area contributed by atoms with E-state index >= 15 is 0 Å². The summed E-state index contributed by atoms with van der Waals surface area (Å²) in [5.74, 6) is 0.628. The highest BCUT2D eigenvalue weighted by Gasteiger charge is 2.29. The zero-order chi connectivity index (χ0) is 24.1. The zero-order valence-corrected chi connectivity index (χ0v) is 19.2. The fraction of sp³-hybridized carbons (Fsp3) is 0.250. The van der Waals surface area contributed by atoms with Crippen LogP contribution in [0, 0.1) is 11.3 Å². The van der Waals surface area contributed by atoms with Crippen molar-refractivity contribution >= 4 is 34.8 Å². The minimum absolute atomic E-state index is 0.102. The molecule has 2 aliphatic heterocycles. The molecule has 2 aromatic carbocycles. The van der Waals surface area contributed by atoms with Gasteiger partial charge in [0.15, 0.2) is 16.7 Å². The van der Waals surface area contributed by atoms with E-state index in [0.29, 0.717) is 58.1 Å². The summed E-state index contributed by atoms with van der Waals surface area (Å²) in [7, 11) is 0. The van der Waals surface area contributed by atoms with Crippen LogP contribution in [0.2, 0.25) is 0 Å². The topological polar surface area (TPSA) is 104 Å². The molecule has 2 aromatic rings. The summed E-state index contributed by atoms with van der Waals surface area (Å²) in [5.41, 5.74) is 1.30. The molecule has 2 heterocycles. The molecule has 1 N–H and O–H groups in total. The van der Waals surface area contributed by atoms with Crippen LogP contribution in [0.15, 0.2) is 46.3 Å². The Morgan fingerprint density at radius 1 is 1.24 bits per heavy atom. The molecule has 0 saturated carbocycles. The zero-order valence-electron chi connectivity index (χ0n) is 18.3. The van der Waals surface area contributed by atoms with Crippen LogP contribution in [0.3, 0.4) is 0 Å². The molecule has 0 unspecified atom stereocenters. The summed E-state index contributed by atoms with van der Waals surface area (Å²) in [5, 5.41) is 12.3. The van der Waals surface area contributed by atoms with Gasteiger partial charge in [-0.15, -0.1) is 0 Å². The molecule has 2 amide bonds. The molecule has 0 bridgehead atoms. The van der Waals surface area contributed by atoms with Gasteiger partial charge in [-0.25, -0.2) is 4.39 Å². The van der Waals surface area contributed by atoms with Crippen molar-refractivity contribution in [1.82, 2.24) is 10.2 Å². The second kappa shape index (κ2) is 10.4.